The van der Waals surface area contributed by atoms with Gasteiger partial charge in [-0.3, -0.25) is 10.1 Å². The third-order valence-electron chi connectivity index (χ3n) is 2.18. The van der Waals surface area contributed by atoms with Crippen LogP contribution in [0.15, 0.2) is 30.3 Å². The number of benzene rings is 1. The lowest BCUT2D eigenvalue weighted by Crippen LogP contribution is -2.38. The van der Waals surface area contributed by atoms with Crippen LogP contribution in [0.1, 0.15) is 12.0 Å². The highest BCUT2D eigenvalue weighted by Crippen LogP contribution is 2.15. The van der Waals surface area contributed by atoms with Crippen molar-refractivity contribution in [3.05, 3.63) is 40.9 Å². The molecule has 0 unspecified atom stereocenters. The molecular weight excluding hydrogens is 284 g/mol. The molecule has 0 aromatic heterocycles. The van der Waals surface area contributed by atoms with Crippen LogP contribution in [0.4, 0.5) is 0 Å². The van der Waals surface area contributed by atoms with Gasteiger partial charge in [-0.15, -0.1) is 0 Å². The zero-order chi connectivity index (χ0) is 14.1. The second-order valence-corrected chi connectivity index (χ2v) is 4.49. The van der Waals surface area contributed by atoms with Gasteiger partial charge in [0.05, 0.1) is 0 Å². The Kier molecular flexibility index (Phi) is 7.10. The summed E-state index contributed by atoms with van der Waals surface area (Å²) in [7, 11) is 0. The molecule has 102 valence electrons. The van der Waals surface area contributed by atoms with Gasteiger partial charge in [-0.25, -0.2) is 0 Å². The largest absolute Gasteiger partial charge is 0.396 e. The number of hydrogen-bond acceptors (Lipinski definition) is 3. The molecule has 0 saturated heterocycles. The van der Waals surface area contributed by atoms with Crippen molar-refractivity contribution in [1.29, 1.82) is 0 Å². The van der Waals surface area contributed by atoms with Gasteiger partial charge in [-0.05, 0) is 36.3 Å². The summed E-state index contributed by atoms with van der Waals surface area (Å²) in [4.78, 5) is 11.6. The van der Waals surface area contributed by atoms with Gasteiger partial charge < -0.3 is 10.4 Å². The van der Waals surface area contributed by atoms with Crippen molar-refractivity contribution in [2.75, 3.05) is 13.2 Å². The Morgan fingerprint density at radius 2 is 2.16 bits per heavy atom. The number of amides is 1. The second kappa shape index (κ2) is 8.63. The maximum atomic E-state index is 11.6. The van der Waals surface area contributed by atoms with Crippen LogP contribution >= 0.6 is 23.8 Å². The molecule has 0 fully saturated rings. The van der Waals surface area contributed by atoms with Crippen LogP contribution in [0, 0.1) is 0 Å². The van der Waals surface area contributed by atoms with E-state index in [0.717, 1.165) is 5.56 Å². The number of thiocarbonyl (C=S) groups is 1. The average Bonchev–Trinajstić information content (AvgIpc) is 2.38. The molecule has 0 aliphatic rings. The number of halogens is 1. The van der Waals surface area contributed by atoms with E-state index >= 15 is 0 Å². The van der Waals surface area contributed by atoms with E-state index in [4.69, 9.17) is 28.9 Å². The number of carbonyl (C=O) groups excluding carboxylic acids is 1. The average molecular weight is 299 g/mol. The van der Waals surface area contributed by atoms with E-state index in [0.29, 0.717) is 18.0 Å². The van der Waals surface area contributed by atoms with E-state index in [1.807, 2.05) is 18.2 Å². The zero-order valence-corrected chi connectivity index (χ0v) is 11.8. The Labute approximate surface area is 122 Å². The first kappa shape index (κ1) is 15.6. The predicted molar refractivity (Wildman–Crippen MR) is 80.9 cm³/mol. The molecule has 0 aliphatic heterocycles. The maximum absolute atomic E-state index is 11.6. The number of nitrogens with one attached hydrogen (secondary N) is 2. The SMILES string of the molecule is O=C(C=Cc1ccccc1Cl)NC(=S)NCCCO. The normalized spacial score (nSPS) is 10.4. The van der Waals surface area contributed by atoms with Crippen molar-refractivity contribution in [2.24, 2.45) is 0 Å². The van der Waals surface area contributed by atoms with Crippen molar-refractivity contribution in [2.45, 2.75) is 6.42 Å². The maximum Gasteiger partial charge on any atom is 0.250 e. The number of aliphatic hydroxyl groups is 1. The van der Waals surface area contributed by atoms with Crippen molar-refractivity contribution in [1.82, 2.24) is 10.6 Å². The summed E-state index contributed by atoms with van der Waals surface area (Å²) >= 11 is 10.9. The summed E-state index contributed by atoms with van der Waals surface area (Å²) in [6, 6.07) is 7.22. The van der Waals surface area contributed by atoms with Crippen molar-refractivity contribution < 1.29 is 9.90 Å². The Balaban J connectivity index is 2.43. The zero-order valence-electron chi connectivity index (χ0n) is 10.2. The fourth-order valence-electron chi connectivity index (χ4n) is 1.25. The minimum atomic E-state index is -0.332. The summed E-state index contributed by atoms with van der Waals surface area (Å²) in [5.41, 5.74) is 0.762. The lowest BCUT2D eigenvalue weighted by atomic mass is 10.2. The first-order valence-electron chi connectivity index (χ1n) is 5.76. The van der Waals surface area contributed by atoms with Gasteiger partial charge in [0.15, 0.2) is 5.11 Å². The minimum Gasteiger partial charge on any atom is -0.396 e. The number of rotatable bonds is 5. The molecule has 0 saturated carbocycles. The minimum absolute atomic E-state index is 0.0793. The Morgan fingerprint density at radius 3 is 2.84 bits per heavy atom. The standard InChI is InChI=1S/C13H15ClN2O2S/c14-11-5-2-1-4-10(11)6-7-12(18)16-13(19)15-8-3-9-17/h1-2,4-7,17H,3,8-9H2,(H2,15,16,18,19). The van der Waals surface area contributed by atoms with Crippen LogP contribution in [-0.4, -0.2) is 29.3 Å². The molecule has 0 radical (unpaired) electrons. The molecular formula is C13H15ClN2O2S. The second-order valence-electron chi connectivity index (χ2n) is 3.68. The van der Waals surface area contributed by atoms with Crippen LogP contribution in [0.5, 0.6) is 0 Å². The topological polar surface area (TPSA) is 61.4 Å². The Morgan fingerprint density at radius 1 is 1.42 bits per heavy atom. The first-order valence-corrected chi connectivity index (χ1v) is 6.54. The summed E-state index contributed by atoms with van der Waals surface area (Å²) in [5.74, 6) is -0.332. The number of carbonyl (C=O) groups is 1. The highest BCUT2D eigenvalue weighted by atomic mass is 35.5. The molecule has 1 aromatic rings. The van der Waals surface area contributed by atoms with Crippen LogP contribution < -0.4 is 10.6 Å². The lowest BCUT2D eigenvalue weighted by molar-refractivity contribution is -0.115. The van der Waals surface area contributed by atoms with Gasteiger partial charge in [0.2, 0.25) is 5.91 Å². The molecule has 1 aromatic carbocycles. The molecule has 6 heteroatoms. The summed E-state index contributed by atoms with van der Waals surface area (Å²) in [6.07, 6.45) is 3.56. The molecule has 1 amide bonds. The molecule has 19 heavy (non-hydrogen) atoms. The van der Waals surface area contributed by atoms with Gasteiger partial charge in [-0.2, -0.15) is 0 Å². The van der Waals surface area contributed by atoms with E-state index in [1.165, 1.54) is 6.08 Å². The third-order valence-corrected chi connectivity index (χ3v) is 2.77. The van der Waals surface area contributed by atoms with Gasteiger partial charge in [0, 0.05) is 24.3 Å². The summed E-state index contributed by atoms with van der Waals surface area (Å²) < 4.78 is 0. The number of hydrogen-bond donors (Lipinski definition) is 3. The van der Waals surface area contributed by atoms with Gasteiger partial charge in [0.25, 0.3) is 0 Å². The monoisotopic (exact) mass is 298 g/mol. The highest BCUT2D eigenvalue weighted by Gasteiger charge is 2.00. The van der Waals surface area contributed by atoms with Crippen LogP contribution in [0.25, 0.3) is 6.08 Å². The van der Waals surface area contributed by atoms with Crippen LogP contribution in [-0.2, 0) is 4.79 Å². The third kappa shape index (κ3) is 6.33. The fraction of sp³-hybridized carbons (Fsp3) is 0.231. The smallest absolute Gasteiger partial charge is 0.250 e. The first-order chi connectivity index (χ1) is 9.13. The Hall–Kier alpha value is -1.43. The van der Waals surface area contributed by atoms with Crippen LogP contribution in [0.2, 0.25) is 5.02 Å². The summed E-state index contributed by atoms with van der Waals surface area (Å²) in [6.45, 7) is 0.597. The molecule has 0 aliphatic carbocycles. The van der Waals surface area contributed by atoms with E-state index in [-0.39, 0.29) is 17.6 Å². The Bertz CT molecular complexity index is 477. The quantitative estimate of drug-likeness (QED) is 0.440. The molecule has 0 bridgehead atoms. The predicted octanol–water partition coefficient (Wildman–Crippen LogP) is 1.73. The van der Waals surface area contributed by atoms with E-state index in [2.05, 4.69) is 10.6 Å². The van der Waals surface area contributed by atoms with Gasteiger partial charge >= 0.3 is 0 Å². The molecule has 0 atom stereocenters. The lowest BCUT2D eigenvalue weighted by Gasteiger charge is -2.06. The van der Waals surface area contributed by atoms with Crippen molar-refractivity contribution in [3.63, 3.8) is 0 Å². The summed E-state index contributed by atoms with van der Waals surface area (Å²) in [5, 5.41) is 14.7. The molecule has 0 heterocycles. The van der Waals surface area contributed by atoms with E-state index < -0.39 is 0 Å². The number of aliphatic hydroxyl groups excluding tert-OH is 1. The molecule has 4 nitrogen and oxygen atoms in total. The van der Waals surface area contributed by atoms with Crippen LogP contribution in [0.3, 0.4) is 0 Å². The highest BCUT2D eigenvalue weighted by molar-refractivity contribution is 7.80. The van der Waals surface area contributed by atoms with Crippen molar-refractivity contribution >= 4 is 40.9 Å². The van der Waals surface area contributed by atoms with E-state index in [9.17, 15) is 4.79 Å². The van der Waals surface area contributed by atoms with Gasteiger partial charge in [-0.1, -0.05) is 29.8 Å². The molecule has 3 N–H and O–H groups in total. The van der Waals surface area contributed by atoms with Gasteiger partial charge in [0.1, 0.15) is 0 Å². The molecule has 0 spiro atoms. The van der Waals surface area contributed by atoms with E-state index in [1.54, 1.807) is 12.1 Å². The molecule has 1 rings (SSSR count). The fourth-order valence-corrected chi connectivity index (χ4v) is 1.66. The van der Waals surface area contributed by atoms with Crippen molar-refractivity contribution in [3.8, 4) is 0 Å².